The molecule has 3 atom stereocenters. The first-order valence-corrected chi connectivity index (χ1v) is 9.29. The number of hydrogen-bond acceptors (Lipinski definition) is 7. The average Bonchev–Trinajstić information content (AvgIpc) is 2.96. The second kappa shape index (κ2) is 6.40. The molecule has 1 unspecified atom stereocenters. The summed E-state index contributed by atoms with van der Waals surface area (Å²) in [5.41, 5.74) is -0.660. The summed E-state index contributed by atoms with van der Waals surface area (Å²) < 4.78 is 80.1. The Bertz CT molecular complexity index is 994. The van der Waals surface area contributed by atoms with Gasteiger partial charge in [0.1, 0.15) is 23.1 Å². The summed E-state index contributed by atoms with van der Waals surface area (Å²) in [6.07, 6.45) is -4.41. The monoisotopic (exact) mass is 432 g/mol. The SMILES string of the molecule is Cc1nn(C2CC2(F)F)c2c1OC[C@@H]1COC[C@H]1Nc1nc(ncc1C(F)(F)F)N2. The van der Waals surface area contributed by atoms with Crippen molar-refractivity contribution in [2.45, 2.75) is 37.5 Å². The van der Waals surface area contributed by atoms with E-state index in [2.05, 4.69) is 25.7 Å². The van der Waals surface area contributed by atoms with Gasteiger partial charge in [-0.25, -0.2) is 18.4 Å². The smallest absolute Gasteiger partial charge is 0.421 e. The van der Waals surface area contributed by atoms with Gasteiger partial charge in [0.05, 0.1) is 25.9 Å². The molecule has 4 heterocycles. The highest BCUT2D eigenvalue weighted by atomic mass is 19.4. The zero-order chi connectivity index (χ0) is 21.3. The van der Waals surface area contributed by atoms with E-state index in [4.69, 9.17) is 9.47 Å². The Hall–Kier alpha value is -2.70. The molecule has 3 aliphatic rings. The van der Waals surface area contributed by atoms with Crippen LogP contribution in [-0.4, -0.2) is 51.5 Å². The highest BCUT2D eigenvalue weighted by Gasteiger charge is 2.60. The predicted molar refractivity (Wildman–Crippen MR) is 93.1 cm³/mol. The molecule has 0 radical (unpaired) electrons. The van der Waals surface area contributed by atoms with Crippen molar-refractivity contribution in [2.75, 3.05) is 30.5 Å². The normalized spacial score (nSPS) is 27.1. The van der Waals surface area contributed by atoms with Crippen LogP contribution in [0, 0.1) is 12.8 Å². The van der Waals surface area contributed by atoms with Gasteiger partial charge in [0.2, 0.25) is 5.95 Å². The Labute approximate surface area is 166 Å². The van der Waals surface area contributed by atoms with Crippen LogP contribution in [0.4, 0.5) is 39.5 Å². The minimum absolute atomic E-state index is 0.0812. The van der Waals surface area contributed by atoms with Gasteiger partial charge >= 0.3 is 6.18 Å². The number of aryl methyl sites for hydroxylation is 1. The molecular weight excluding hydrogens is 415 g/mol. The van der Waals surface area contributed by atoms with Crippen LogP contribution in [-0.2, 0) is 10.9 Å². The van der Waals surface area contributed by atoms with Gasteiger partial charge in [0, 0.05) is 18.5 Å². The molecule has 8 nitrogen and oxygen atoms in total. The summed E-state index contributed by atoms with van der Waals surface area (Å²) in [4.78, 5) is 7.71. The average molecular weight is 432 g/mol. The molecule has 2 N–H and O–H groups in total. The van der Waals surface area contributed by atoms with Gasteiger partial charge < -0.3 is 20.1 Å². The van der Waals surface area contributed by atoms with Crippen molar-refractivity contribution in [1.29, 1.82) is 0 Å². The van der Waals surface area contributed by atoms with E-state index >= 15 is 0 Å². The maximum absolute atomic E-state index is 13.7. The van der Waals surface area contributed by atoms with Crippen LogP contribution in [0.1, 0.15) is 23.7 Å². The third-order valence-electron chi connectivity index (χ3n) is 5.41. The van der Waals surface area contributed by atoms with Gasteiger partial charge in [-0.3, -0.25) is 0 Å². The van der Waals surface area contributed by atoms with E-state index in [9.17, 15) is 22.0 Å². The number of halogens is 5. The predicted octanol–water partition coefficient (Wildman–Crippen LogP) is 3.14. The Balaban J connectivity index is 1.61. The number of hydrogen-bond donors (Lipinski definition) is 2. The maximum Gasteiger partial charge on any atom is 0.421 e. The quantitative estimate of drug-likeness (QED) is 0.670. The van der Waals surface area contributed by atoms with Crippen molar-refractivity contribution in [1.82, 2.24) is 19.7 Å². The van der Waals surface area contributed by atoms with Crippen LogP contribution in [0.3, 0.4) is 0 Å². The standard InChI is InChI=1S/C17H17F5N6O2/c1-7-12-14(28(27-7)11-2-16(11,18)19)26-15-23-3-9(17(20,21)22)13(25-15)24-10-6-29-4-8(10)5-30-12/h3,8,10-11H,2,4-6H2,1H3,(H2,23,24,25,26)/t8-,10+,11?/m0/s1. The highest BCUT2D eigenvalue weighted by Crippen LogP contribution is 2.54. The molecule has 0 amide bonds. The van der Waals surface area contributed by atoms with Crippen molar-refractivity contribution in [3.63, 3.8) is 0 Å². The van der Waals surface area contributed by atoms with E-state index in [1.165, 1.54) is 0 Å². The minimum Gasteiger partial charge on any atom is -0.487 e. The van der Waals surface area contributed by atoms with Gasteiger partial charge in [-0.15, -0.1) is 0 Å². The Morgan fingerprint density at radius 3 is 2.70 bits per heavy atom. The number of fused-ring (bicyclic) bond motifs is 4. The number of nitrogens with zero attached hydrogens (tertiary/aromatic N) is 4. The molecule has 2 aromatic rings. The van der Waals surface area contributed by atoms with E-state index in [0.29, 0.717) is 11.9 Å². The lowest BCUT2D eigenvalue weighted by Gasteiger charge is -2.21. The lowest BCUT2D eigenvalue weighted by Crippen LogP contribution is -2.33. The largest absolute Gasteiger partial charge is 0.487 e. The molecule has 2 fully saturated rings. The fourth-order valence-electron chi connectivity index (χ4n) is 3.66. The molecule has 2 aliphatic heterocycles. The van der Waals surface area contributed by atoms with Crippen molar-refractivity contribution in [3.05, 3.63) is 17.5 Å². The number of alkyl halides is 5. The van der Waals surface area contributed by atoms with Gasteiger partial charge in [-0.05, 0) is 6.92 Å². The van der Waals surface area contributed by atoms with Gasteiger partial charge in [-0.1, -0.05) is 0 Å². The molecule has 5 rings (SSSR count). The zero-order valence-corrected chi connectivity index (χ0v) is 15.6. The number of ether oxygens (including phenoxy) is 2. The Morgan fingerprint density at radius 2 is 2.00 bits per heavy atom. The zero-order valence-electron chi connectivity index (χ0n) is 15.6. The lowest BCUT2D eigenvalue weighted by atomic mass is 10.0. The van der Waals surface area contributed by atoms with Crippen LogP contribution in [0.15, 0.2) is 6.20 Å². The second-order valence-corrected chi connectivity index (χ2v) is 7.63. The lowest BCUT2D eigenvalue weighted by molar-refractivity contribution is -0.137. The summed E-state index contributed by atoms with van der Waals surface area (Å²) in [7, 11) is 0. The Kier molecular flexibility index (Phi) is 4.11. The summed E-state index contributed by atoms with van der Waals surface area (Å²) in [5.74, 6) is -3.49. The fourth-order valence-corrected chi connectivity index (χ4v) is 3.66. The first kappa shape index (κ1) is 19.3. The van der Waals surface area contributed by atoms with Crippen molar-refractivity contribution in [3.8, 4) is 5.75 Å². The van der Waals surface area contributed by atoms with Crippen LogP contribution in [0.25, 0.3) is 0 Å². The number of anilines is 3. The molecule has 13 heteroatoms. The third kappa shape index (κ3) is 3.20. The van der Waals surface area contributed by atoms with Crippen LogP contribution >= 0.6 is 0 Å². The maximum atomic E-state index is 13.7. The topological polar surface area (TPSA) is 86.1 Å². The molecule has 1 aliphatic carbocycles. The van der Waals surface area contributed by atoms with E-state index in [1.54, 1.807) is 6.92 Å². The molecule has 1 saturated carbocycles. The number of rotatable bonds is 1. The number of aromatic nitrogens is 4. The van der Waals surface area contributed by atoms with E-state index in [1.807, 2.05) is 0 Å². The fraction of sp³-hybridized carbons (Fsp3) is 0.588. The van der Waals surface area contributed by atoms with Gasteiger partial charge in [-0.2, -0.15) is 23.3 Å². The second-order valence-electron chi connectivity index (χ2n) is 7.63. The Morgan fingerprint density at radius 1 is 1.23 bits per heavy atom. The van der Waals surface area contributed by atoms with Crippen LogP contribution < -0.4 is 15.4 Å². The summed E-state index contributed by atoms with van der Waals surface area (Å²) in [5, 5.41) is 9.69. The molecular formula is C17H17F5N6O2. The number of nitrogens with one attached hydrogen (secondary N) is 2. The first-order chi connectivity index (χ1) is 14.1. The minimum atomic E-state index is -4.67. The van der Waals surface area contributed by atoms with Crippen molar-refractivity contribution in [2.24, 2.45) is 5.92 Å². The first-order valence-electron chi connectivity index (χ1n) is 9.29. The molecule has 2 aromatic heterocycles. The summed E-state index contributed by atoms with van der Waals surface area (Å²) >= 11 is 0. The van der Waals surface area contributed by atoms with Crippen molar-refractivity contribution < 1.29 is 31.4 Å². The van der Waals surface area contributed by atoms with E-state index < -0.39 is 35.6 Å². The summed E-state index contributed by atoms with van der Waals surface area (Å²) in [6.45, 7) is 2.16. The molecule has 1 saturated heterocycles. The van der Waals surface area contributed by atoms with E-state index in [-0.39, 0.29) is 49.7 Å². The van der Waals surface area contributed by atoms with E-state index in [0.717, 1.165) is 4.68 Å². The molecule has 162 valence electrons. The molecule has 0 aromatic carbocycles. The highest BCUT2D eigenvalue weighted by molar-refractivity contribution is 5.62. The third-order valence-corrected chi connectivity index (χ3v) is 5.41. The van der Waals surface area contributed by atoms with Gasteiger partial charge in [0.25, 0.3) is 5.92 Å². The molecule has 0 spiro atoms. The molecule has 2 bridgehead atoms. The van der Waals surface area contributed by atoms with Gasteiger partial charge in [0.15, 0.2) is 11.6 Å². The van der Waals surface area contributed by atoms with Crippen LogP contribution in [0.2, 0.25) is 0 Å². The summed E-state index contributed by atoms with van der Waals surface area (Å²) in [6, 6.07) is -1.64. The van der Waals surface area contributed by atoms with Crippen molar-refractivity contribution >= 4 is 17.6 Å². The molecule has 30 heavy (non-hydrogen) atoms. The van der Waals surface area contributed by atoms with Crippen LogP contribution in [0.5, 0.6) is 5.75 Å².